The zero-order valence-corrected chi connectivity index (χ0v) is 3.55. The van der Waals surface area contributed by atoms with Crippen LogP contribution in [0.1, 0.15) is 0 Å². The van der Waals surface area contributed by atoms with E-state index in [4.69, 9.17) is 0 Å². The minimum atomic E-state index is 0.586. The van der Waals surface area contributed by atoms with Gasteiger partial charge >= 0.3 is 0 Å². The van der Waals surface area contributed by atoms with Gasteiger partial charge in [0, 0.05) is 6.20 Å². The van der Waals surface area contributed by atoms with E-state index in [0.717, 1.165) is 0 Å². The minimum absolute atomic E-state index is 0.586. The topological polar surface area (TPSA) is 24.7 Å². The molecule has 0 amide bonds. The lowest BCUT2D eigenvalue weighted by atomic mass is 11.1. The molecule has 0 atom stereocenters. The summed E-state index contributed by atoms with van der Waals surface area (Å²) in [5.74, 6) is 0. The maximum absolute atomic E-state index is 3.62. The molecular formula is C2H2N2Si. The molecule has 3 heteroatoms. The van der Waals surface area contributed by atoms with Gasteiger partial charge < -0.3 is 0 Å². The van der Waals surface area contributed by atoms with Crippen molar-refractivity contribution in [2.75, 3.05) is 0 Å². The van der Waals surface area contributed by atoms with Crippen molar-refractivity contribution in [3.05, 3.63) is 11.9 Å². The van der Waals surface area contributed by atoms with Crippen LogP contribution in [0, 0.1) is 0 Å². The van der Waals surface area contributed by atoms with Gasteiger partial charge in [-0.05, 0) is 0 Å². The number of nitrogens with zero attached hydrogens (tertiary/aromatic N) is 2. The van der Waals surface area contributed by atoms with Gasteiger partial charge in [0.25, 0.3) is 9.68 Å². The molecule has 2 nitrogen and oxygen atoms in total. The molecule has 5 heavy (non-hydrogen) atoms. The van der Waals surface area contributed by atoms with Crippen molar-refractivity contribution < 1.29 is 0 Å². The molecule has 0 aromatic rings. The Kier molecular flexibility index (Phi) is 0.622. The fourth-order valence-corrected chi connectivity index (χ4v) is 0.500. The molecule has 0 N–H and O–H groups in total. The van der Waals surface area contributed by atoms with Crippen LogP contribution >= 0.6 is 0 Å². The summed E-state index contributed by atoms with van der Waals surface area (Å²) >= 11 is 0. The number of hydrogen-bond donors (Lipinski definition) is 0. The molecule has 1 aliphatic rings. The highest BCUT2D eigenvalue weighted by Crippen LogP contribution is 1.83. The van der Waals surface area contributed by atoms with E-state index in [2.05, 4.69) is 9.89 Å². The number of hydrogen-bond acceptors (Lipinski definition) is 2. The van der Waals surface area contributed by atoms with Crippen molar-refractivity contribution in [1.82, 2.24) is 0 Å². The van der Waals surface area contributed by atoms with E-state index < -0.39 is 0 Å². The molecule has 0 fully saturated rings. The molecule has 1 heterocycles. The highest BCUT2D eigenvalue weighted by atomic mass is 28.2. The van der Waals surface area contributed by atoms with Gasteiger partial charge in [0.15, 0.2) is 0 Å². The monoisotopic (exact) mass is 82.0 g/mol. The highest BCUT2D eigenvalue weighted by molar-refractivity contribution is 6.40. The second-order valence-electron chi connectivity index (χ2n) is 0.660. The maximum Gasteiger partial charge on any atom is 0.274 e. The third-order valence-electron chi connectivity index (χ3n) is 0.331. The van der Waals surface area contributed by atoms with Crippen LogP contribution in [0.2, 0.25) is 0 Å². The van der Waals surface area contributed by atoms with Crippen LogP contribution < -0.4 is 0 Å². The zero-order valence-electron chi connectivity index (χ0n) is 2.55. The van der Waals surface area contributed by atoms with Crippen LogP contribution in [0.4, 0.5) is 0 Å². The van der Waals surface area contributed by atoms with Gasteiger partial charge in [-0.2, -0.15) is 5.11 Å². The number of rotatable bonds is 0. The van der Waals surface area contributed by atoms with Crippen molar-refractivity contribution in [2.24, 2.45) is 9.89 Å². The van der Waals surface area contributed by atoms with Crippen LogP contribution in [0.3, 0.4) is 0 Å². The Morgan fingerprint density at radius 2 is 2.60 bits per heavy atom. The van der Waals surface area contributed by atoms with Crippen LogP contribution in [0.25, 0.3) is 0 Å². The summed E-state index contributed by atoms with van der Waals surface area (Å²) in [6, 6.07) is 0. The smallest absolute Gasteiger partial charge is 0.230 e. The Morgan fingerprint density at radius 3 is 2.80 bits per heavy atom. The van der Waals surface area contributed by atoms with Gasteiger partial charge in [-0.15, -0.1) is 0 Å². The van der Waals surface area contributed by atoms with Crippen molar-refractivity contribution in [3.63, 3.8) is 0 Å². The highest BCUT2D eigenvalue weighted by Gasteiger charge is 1.78. The van der Waals surface area contributed by atoms with Crippen LogP contribution in [0.15, 0.2) is 21.8 Å². The minimum Gasteiger partial charge on any atom is -0.230 e. The summed E-state index contributed by atoms with van der Waals surface area (Å²) in [6.45, 7) is 0. The van der Waals surface area contributed by atoms with E-state index in [-0.39, 0.29) is 0 Å². The molecule has 1 rings (SSSR count). The Bertz CT molecular complexity index is 65.7. The molecule has 2 radical (unpaired) electrons. The Morgan fingerprint density at radius 1 is 1.60 bits per heavy atom. The summed E-state index contributed by atoms with van der Waals surface area (Å²) < 4.78 is 3.62. The molecule has 0 bridgehead atoms. The van der Waals surface area contributed by atoms with Crippen molar-refractivity contribution in [1.29, 1.82) is 0 Å². The van der Waals surface area contributed by atoms with E-state index in [1.54, 1.807) is 6.20 Å². The van der Waals surface area contributed by atoms with Crippen molar-refractivity contribution in [2.45, 2.75) is 0 Å². The van der Waals surface area contributed by atoms with E-state index in [9.17, 15) is 0 Å². The summed E-state index contributed by atoms with van der Waals surface area (Å²) in [5.41, 5.74) is 1.93. The molecule has 0 unspecified atom stereocenters. The van der Waals surface area contributed by atoms with Gasteiger partial charge in [0.1, 0.15) is 0 Å². The molecule has 0 aliphatic carbocycles. The first-order valence-corrected chi connectivity index (χ1v) is 2.33. The van der Waals surface area contributed by atoms with Gasteiger partial charge in [0.2, 0.25) is 0 Å². The summed E-state index contributed by atoms with van der Waals surface area (Å²) in [6.07, 6.45) is 1.71. The summed E-state index contributed by atoms with van der Waals surface area (Å²) in [7, 11) is 0.586. The Balaban J connectivity index is 2.61. The molecule has 1 aliphatic heterocycles. The largest absolute Gasteiger partial charge is 0.274 e. The lowest BCUT2D eigenvalue weighted by Gasteiger charge is -1.52. The molecule has 0 aromatic carbocycles. The average Bonchev–Trinajstić information content (AvgIpc) is 1.76. The van der Waals surface area contributed by atoms with Crippen molar-refractivity contribution in [3.8, 4) is 0 Å². The first-order valence-electron chi connectivity index (χ1n) is 1.30. The van der Waals surface area contributed by atoms with Crippen LogP contribution in [0.5, 0.6) is 0 Å². The van der Waals surface area contributed by atoms with E-state index in [1.165, 1.54) is 0 Å². The zero-order chi connectivity index (χ0) is 3.54. The molecule has 0 spiro atoms. The fraction of sp³-hybridized carbons (Fsp3) is 0. The SMILES string of the molecule is C1=C[Si]N=N1. The lowest BCUT2D eigenvalue weighted by Crippen LogP contribution is -1.62. The Labute approximate surface area is 32.5 Å². The molecule has 0 saturated heterocycles. The van der Waals surface area contributed by atoms with Gasteiger partial charge in [-0.3, -0.25) is 0 Å². The maximum atomic E-state index is 3.62. The standard InChI is InChI=1S/C2H2N2Si/c1-2-5-4-3-1/h1-2H. The van der Waals surface area contributed by atoms with E-state index in [1.807, 2.05) is 5.70 Å². The van der Waals surface area contributed by atoms with E-state index >= 15 is 0 Å². The average molecular weight is 82.1 g/mol. The fourth-order valence-electron chi connectivity index (χ4n) is 0.167. The predicted octanol–water partition coefficient (Wildman–Crippen LogP) is 0.543. The Hall–Kier alpha value is -0.443. The molecular weight excluding hydrogens is 80.1 g/mol. The normalized spacial score (nSPS) is 17.6. The van der Waals surface area contributed by atoms with E-state index in [0.29, 0.717) is 9.68 Å². The second-order valence-corrected chi connectivity index (χ2v) is 1.45. The van der Waals surface area contributed by atoms with Crippen LogP contribution in [-0.2, 0) is 0 Å². The molecule has 24 valence electrons. The van der Waals surface area contributed by atoms with Crippen molar-refractivity contribution >= 4 is 9.68 Å². The third kappa shape index (κ3) is 0.415. The summed E-state index contributed by atoms with van der Waals surface area (Å²) in [4.78, 5) is 0. The quantitative estimate of drug-likeness (QED) is 0.381. The third-order valence-corrected chi connectivity index (χ3v) is 0.860. The predicted molar refractivity (Wildman–Crippen MR) is 19.7 cm³/mol. The molecule has 0 saturated carbocycles. The van der Waals surface area contributed by atoms with Gasteiger partial charge in [-0.1, -0.05) is 5.70 Å². The first-order chi connectivity index (χ1) is 2.50. The van der Waals surface area contributed by atoms with Gasteiger partial charge in [0.05, 0.1) is 0 Å². The van der Waals surface area contributed by atoms with Crippen LogP contribution in [-0.4, -0.2) is 9.68 Å². The second kappa shape index (κ2) is 1.12. The summed E-state index contributed by atoms with van der Waals surface area (Å²) in [5, 5.41) is 3.54. The van der Waals surface area contributed by atoms with Gasteiger partial charge in [-0.25, -0.2) is 4.78 Å². The lowest BCUT2D eigenvalue weighted by molar-refractivity contribution is 1.36. The molecule has 0 aromatic heterocycles. The first kappa shape index (κ1) is 2.78.